The molecule has 0 bridgehead atoms. The predicted molar refractivity (Wildman–Crippen MR) is 60.1 cm³/mol. The van der Waals surface area contributed by atoms with Crippen LogP contribution >= 0.6 is 11.8 Å². The summed E-state index contributed by atoms with van der Waals surface area (Å²) >= 11 is 1.41. The van der Waals surface area contributed by atoms with Crippen LogP contribution in [0.15, 0.2) is 5.16 Å². The number of carbonyl (C=O) groups excluding carboxylic acids is 1. The van der Waals surface area contributed by atoms with Gasteiger partial charge in [-0.3, -0.25) is 4.79 Å². The summed E-state index contributed by atoms with van der Waals surface area (Å²) in [5.74, 6) is 0.0258. The first-order chi connectivity index (χ1) is 7.72. The number of aromatic nitrogens is 4. The highest BCUT2D eigenvalue weighted by Gasteiger charge is 2.29. The van der Waals surface area contributed by atoms with E-state index in [1.54, 1.807) is 0 Å². The van der Waals surface area contributed by atoms with E-state index in [-0.39, 0.29) is 11.2 Å². The second kappa shape index (κ2) is 4.82. The molecule has 0 unspecified atom stereocenters. The number of hydrogen-bond acceptors (Lipinski definition) is 5. The molecule has 0 aliphatic heterocycles. The van der Waals surface area contributed by atoms with Crippen LogP contribution in [0.2, 0.25) is 0 Å². The Kier molecular flexibility index (Phi) is 3.42. The normalized spacial score (nSPS) is 17.1. The second-order valence-corrected chi connectivity index (χ2v) is 5.10. The second-order valence-electron chi connectivity index (χ2n) is 3.79. The maximum absolute atomic E-state index is 11.6. The summed E-state index contributed by atoms with van der Waals surface area (Å²) in [6.07, 6.45) is 2.27. The van der Waals surface area contributed by atoms with Crippen molar-refractivity contribution >= 4 is 17.7 Å². The molecular formula is C9H15N5OS. The molecule has 1 amide bonds. The van der Waals surface area contributed by atoms with Crippen molar-refractivity contribution in [3.63, 3.8) is 0 Å². The zero-order valence-electron chi connectivity index (χ0n) is 9.38. The van der Waals surface area contributed by atoms with Gasteiger partial charge in [-0.15, -0.1) is 5.10 Å². The highest BCUT2D eigenvalue weighted by atomic mass is 32.2. The highest BCUT2D eigenvalue weighted by molar-refractivity contribution is 8.00. The fourth-order valence-corrected chi connectivity index (χ4v) is 2.22. The summed E-state index contributed by atoms with van der Waals surface area (Å²) in [7, 11) is 0. The van der Waals surface area contributed by atoms with E-state index in [1.165, 1.54) is 11.8 Å². The number of rotatable bonds is 5. The van der Waals surface area contributed by atoms with Gasteiger partial charge >= 0.3 is 0 Å². The zero-order valence-corrected chi connectivity index (χ0v) is 10.2. The topological polar surface area (TPSA) is 72.7 Å². The molecule has 0 aromatic carbocycles. The molecule has 16 heavy (non-hydrogen) atoms. The van der Waals surface area contributed by atoms with Gasteiger partial charge in [-0.05, 0) is 37.1 Å². The standard InChI is InChI=1S/C9H15N5OS/c1-3-10-8(15)6(2)16-9-11-12-13-14(9)7-4-5-7/h6-7H,3-5H2,1-2H3,(H,10,15)/t6-/m0/s1. The minimum Gasteiger partial charge on any atom is -0.355 e. The van der Waals surface area contributed by atoms with Crippen molar-refractivity contribution in [2.45, 2.75) is 43.1 Å². The third kappa shape index (κ3) is 2.52. The Morgan fingerprint density at radius 1 is 1.69 bits per heavy atom. The van der Waals surface area contributed by atoms with Crippen LogP contribution in [0.1, 0.15) is 32.7 Å². The molecule has 0 radical (unpaired) electrons. The lowest BCUT2D eigenvalue weighted by atomic mass is 10.4. The van der Waals surface area contributed by atoms with Crippen molar-refractivity contribution in [3.8, 4) is 0 Å². The number of nitrogens with zero attached hydrogens (tertiary/aromatic N) is 4. The maximum atomic E-state index is 11.6. The van der Waals surface area contributed by atoms with E-state index >= 15 is 0 Å². The molecule has 1 aromatic heterocycles. The van der Waals surface area contributed by atoms with Crippen LogP contribution in [0.25, 0.3) is 0 Å². The third-order valence-electron chi connectivity index (χ3n) is 2.36. The lowest BCUT2D eigenvalue weighted by molar-refractivity contribution is -0.120. The molecule has 88 valence electrons. The summed E-state index contributed by atoms with van der Waals surface area (Å²) in [4.78, 5) is 11.6. The molecule has 1 N–H and O–H groups in total. The van der Waals surface area contributed by atoms with Crippen LogP contribution in [-0.2, 0) is 4.79 Å². The van der Waals surface area contributed by atoms with E-state index in [4.69, 9.17) is 0 Å². The molecule has 0 saturated heterocycles. The minimum atomic E-state index is -0.163. The quantitative estimate of drug-likeness (QED) is 0.765. The van der Waals surface area contributed by atoms with Crippen LogP contribution in [0.4, 0.5) is 0 Å². The van der Waals surface area contributed by atoms with E-state index in [2.05, 4.69) is 20.8 Å². The molecule has 2 rings (SSSR count). The van der Waals surface area contributed by atoms with E-state index in [9.17, 15) is 4.79 Å². The van der Waals surface area contributed by atoms with Gasteiger partial charge in [0.1, 0.15) is 0 Å². The molecule has 1 atom stereocenters. The number of thioether (sulfide) groups is 1. The molecule has 1 aliphatic carbocycles. The van der Waals surface area contributed by atoms with Crippen molar-refractivity contribution in [2.75, 3.05) is 6.54 Å². The number of amides is 1. The fraction of sp³-hybridized carbons (Fsp3) is 0.778. The van der Waals surface area contributed by atoms with Gasteiger partial charge in [0.15, 0.2) is 0 Å². The van der Waals surface area contributed by atoms with Crippen LogP contribution in [0, 0.1) is 0 Å². The van der Waals surface area contributed by atoms with Gasteiger partial charge in [0.05, 0.1) is 11.3 Å². The fourth-order valence-electron chi connectivity index (χ4n) is 1.34. The third-order valence-corrected chi connectivity index (χ3v) is 3.40. The molecule has 1 saturated carbocycles. The Morgan fingerprint density at radius 3 is 3.06 bits per heavy atom. The van der Waals surface area contributed by atoms with Crippen LogP contribution in [-0.4, -0.2) is 37.9 Å². The number of hydrogen-bond donors (Lipinski definition) is 1. The summed E-state index contributed by atoms with van der Waals surface area (Å²) in [6.45, 7) is 4.42. The first-order valence-corrected chi connectivity index (χ1v) is 6.32. The van der Waals surface area contributed by atoms with Gasteiger partial charge < -0.3 is 5.32 Å². The Bertz CT molecular complexity index is 376. The molecule has 1 aromatic rings. The lowest BCUT2D eigenvalue weighted by Gasteiger charge is -2.09. The Morgan fingerprint density at radius 2 is 2.44 bits per heavy atom. The van der Waals surface area contributed by atoms with Crippen molar-refractivity contribution < 1.29 is 4.79 Å². The predicted octanol–water partition coefficient (Wildman–Crippen LogP) is 0.625. The lowest BCUT2D eigenvalue weighted by Crippen LogP contribution is -2.30. The Hall–Kier alpha value is -1.11. The molecule has 6 nitrogen and oxygen atoms in total. The van der Waals surface area contributed by atoms with Gasteiger partial charge in [0, 0.05) is 6.54 Å². The molecule has 1 heterocycles. The molecular weight excluding hydrogens is 226 g/mol. The number of tetrazole rings is 1. The maximum Gasteiger partial charge on any atom is 0.233 e. The summed E-state index contributed by atoms with van der Waals surface area (Å²) in [5.41, 5.74) is 0. The number of nitrogens with one attached hydrogen (secondary N) is 1. The largest absolute Gasteiger partial charge is 0.355 e. The van der Waals surface area contributed by atoms with E-state index in [0.717, 1.165) is 18.0 Å². The Balaban J connectivity index is 1.97. The van der Waals surface area contributed by atoms with Crippen LogP contribution in [0.3, 0.4) is 0 Å². The van der Waals surface area contributed by atoms with Crippen molar-refractivity contribution in [1.29, 1.82) is 0 Å². The summed E-state index contributed by atoms with van der Waals surface area (Å²) in [5, 5.41) is 14.9. The SMILES string of the molecule is CCNC(=O)[C@H](C)Sc1nnnn1C1CC1. The first kappa shape index (κ1) is 11.4. The average molecular weight is 241 g/mol. The molecule has 0 spiro atoms. The van der Waals surface area contributed by atoms with Gasteiger partial charge in [-0.2, -0.15) is 0 Å². The summed E-state index contributed by atoms with van der Waals surface area (Å²) in [6, 6.07) is 0.443. The molecule has 1 aliphatic rings. The average Bonchev–Trinajstić information content (AvgIpc) is 3.00. The van der Waals surface area contributed by atoms with Crippen molar-refractivity contribution in [3.05, 3.63) is 0 Å². The first-order valence-electron chi connectivity index (χ1n) is 5.44. The van der Waals surface area contributed by atoms with Crippen LogP contribution in [0.5, 0.6) is 0 Å². The Labute approximate surface area is 98.2 Å². The smallest absolute Gasteiger partial charge is 0.233 e. The van der Waals surface area contributed by atoms with Gasteiger partial charge in [0.2, 0.25) is 11.1 Å². The van der Waals surface area contributed by atoms with E-state index < -0.39 is 0 Å². The van der Waals surface area contributed by atoms with Gasteiger partial charge in [-0.1, -0.05) is 11.8 Å². The van der Waals surface area contributed by atoms with Crippen molar-refractivity contribution in [2.24, 2.45) is 0 Å². The summed E-state index contributed by atoms with van der Waals surface area (Å²) < 4.78 is 1.82. The van der Waals surface area contributed by atoms with E-state index in [0.29, 0.717) is 12.6 Å². The van der Waals surface area contributed by atoms with Crippen LogP contribution < -0.4 is 5.32 Å². The van der Waals surface area contributed by atoms with Gasteiger partial charge in [-0.25, -0.2) is 4.68 Å². The monoisotopic (exact) mass is 241 g/mol. The molecule has 1 fully saturated rings. The number of carbonyl (C=O) groups is 1. The van der Waals surface area contributed by atoms with Gasteiger partial charge in [0.25, 0.3) is 0 Å². The van der Waals surface area contributed by atoms with E-state index in [1.807, 2.05) is 18.5 Å². The molecule has 7 heteroatoms. The minimum absolute atomic E-state index is 0.0258. The highest BCUT2D eigenvalue weighted by Crippen LogP contribution is 2.37. The van der Waals surface area contributed by atoms with Crippen molar-refractivity contribution in [1.82, 2.24) is 25.5 Å². The zero-order chi connectivity index (χ0) is 11.5.